The molecule has 2 atom stereocenters. The van der Waals surface area contributed by atoms with Crippen molar-refractivity contribution in [2.75, 3.05) is 26.2 Å². The lowest BCUT2D eigenvalue weighted by atomic mass is 9.93. The average molecular weight is 569 g/mol. The molecule has 0 amide bonds. The highest BCUT2D eigenvalue weighted by molar-refractivity contribution is 7.11. The molecule has 2 aliphatic heterocycles. The minimum atomic E-state index is -3.03. The second kappa shape index (κ2) is 12.1. The highest BCUT2D eigenvalue weighted by Crippen LogP contribution is 2.38. The number of carbonyl (C=O) groups is 2. The Kier molecular flexibility index (Phi) is 8.85. The van der Waals surface area contributed by atoms with Gasteiger partial charge >= 0.3 is 5.97 Å². The first kappa shape index (κ1) is 27.8. The van der Waals surface area contributed by atoms with E-state index in [1.807, 2.05) is 0 Å². The van der Waals surface area contributed by atoms with Crippen LogP contribution < -0.4 is 5.32 Å². The molecule has 1 fully saturated rings. The van der Waals surface area contributed by atoms with Crippen molar-refractivity contribution < 1.29 is 32.2 Å². The van der Waals surface area contributed by atoms with E-state index in [2.05, 4.69) is 20.0 Å². The van der Waals surface area contributed by atoms with Gasteiger partial charge in [-0.15, -0.1) is 11.3 Å². The number of nitrogens with one attached hydrogen (secondary N) is 1. The number of hydrogen-bond acceptors (Lipinski definition) is 9. The van der Waals surface area contributed by atoms with Gasteiger partial charge < -0.3 is 14.8 Å². The molecule has 2 aliphatic rings. The number of aliphatic imine (C=N–C) groups is 1. The van der Waals surface area contributed by atoms with Crippen molar-refractivity contribution in [2.24, 2.45) is 10.9 Å². The minimum absolute atomic E-state index is 0.0465. The first-order chi connectivity index (χ1) is 18.2. The zero-order valence-electron chi connectivity index (χ0n) is 20.2. The largest absolute Gasteiger partial charge is 0.463 e. The van der Waals surface area contributed by atoms with Crippen molar-refractivity contribution in [1.82, 2.24) is 15.2 Å². The Hall–Kier alpha value is -3.22. The molecule has 1 N–H and O–H groups in total. The standard InChI is InChI=1S/C25H24ClF3N4O4S/c1-2-37-24(35)20-19(12-33-11-15(5-7-36-14-34)10-25(28,29)13-33)31-22(23-30-6-8-38-23)32-21(20)17-4-3-16(27)9-18(17)26/h3-9,14-15,21H,2,10-13H2,1H3,(H,31,32)/b7-5+. The molecule has 0 radical (unpaired) electrons. The monoisotopic (exact) mass is 568 g/mol. The molecule has 1 aromatic carbocycles. The number of thiazole rings is 1. The third kappa shape index (κ3) is 6.61. The molecule has 1 aromatic heterocycles. The summed E-state index contributed by atoms with van der Waals surface area (Å²) in [5.74, 6) is -4.59. The maximum Gasteiger partial charge on any atom is 0.338 e. The first-order valence-corrected chi connectivity index (χ1v) is 12.9. The third-order valence-electron chi connectivity index (χ3n) is 5.89. The number of carbonyl (C=O) groups excluding carboxylic acids is 2. The van der Waals surface area contributed by atoms with Gasteiger partial charge in [0.2, 0.25) is 0 Å². The van der Waals surface area contributed by atoms with Gasteiger partial charge in [-0.3, -0.25) is 14.7 Å². The lowest BCUT2D eigenvalue weighted by Gasteiger charge is -2.38. The number of ether oxygens (including phenoxy) is 2. The zero-order chi connectivity index (χ0) is 27.3. The van der Waals surface area contributed by atoms with Crippen LogP contribution in [0.2, 0.25) is 5.02 Å². The molecule has 2 aromatic rings. The van der Waals surface area contributed by atoms with Gasteiger partial charge in [-0.25, -0.2) is 22.9 Å². The van der Waals surface area contributed by atoms with Crippen LogP contribution in [-0.2, 0) is 19.1 Å². The second-order valence-corrected chi connectivity index (χ2v) is 9.97. The van der Waals surface area contributed by atoms with Crippen LogP contribution >= 0.6 is 22.9 Å². The highest BCUT2D eigenvalue weighted by atomic mass is 35.5. The van der Waals surface area contributed by atoms with E-state index < -0.39 is 42.6 Å². The number of aromatic nitrogens is 1. The number of alkyl halides is 2. The molecule has 0 aliphatic carbocycles. The molecule has 8 nitrogen and oxygen atoms in total. The molecule has 0 spiro atoms. The van der Waals surface area contributed by atoms with E-state index in [9.17, 15) is 22.8 Å². The Morgan fingerprint density at radius 2 is 2.21 bits per heavy atom. The van der Waals surface area contributed by atoms with E-state index in [1.54, 1.807) is 18.5 Å². The fourth-order valence-corrected chi connectivity index (χ4v) is 5.32. The van der Waals surface area contributed by atoms with Crippen LogP contribution in [-0.4, -0.2) is 60.3 Å². The maximum atomic E-state index is 14.7. The van der Waals surface area contributed by atoms with Crippen molar-refractivity contribution in [3.05, 3.63) is 74.8 Å². The number of piperidine rings is 1. The van der Waals surface area contributed by atoms with Crippen LogP contribution in [0.5, 0.6) is 0 Å². The van der Waals surface area contributed by atoms with Crippen molar-refractivity contribution in [3.8, 4) is 0 Å². The molecule has 13 heteroatoms. The predicted octanol–water partition coefficient (Wildman–Crippen LogP) is 4.49. The Morgan fingerprint density at radius 3 is 2.89 bits per heavy atom. The molecule has 2 unspecified atom stereocenters. The van der Waals surface area contributed by atoms with Gasteiger partial charge in [0.05, 0.1) is 25.0 Å². The number of amidine groups is 1. The van der Waals surface area contributed by atoms with Gasteiger partial charge in [0, 0.05) is 47.4 Å². The average Bonchev–Trinajstić information content (AvgIpc) is 3.38. The summed E-state index contributed by atoms with van der Waals surface area (Å²) in [6.45, 7) is 1.48. The number of rotatable bonds is 9. The van der Waals surface area contributed by atoms with E-state index in [-0.39, 0.29) is 36.8 Å². The SMILES string of the molecule is CCOC(=O)C1=C(CN2CC(/C=C/OC=O)CC(F)(F)C2)NC(c2nccs2)=NC1c1ccc(F)cc1Cl. The van der Waals surface area contributed by atoms with Crippen LogP contribution in [0.1, 0.15) is 30.0 Å². The lowest BCUT2D eigenvalue weighted by molar-refractivity contribution is -0.139. The minimum Gasteiger partial charge on any atom is -0.463 e. The molecule has 4 rings (SSSR count). The highest BCUT2D eigenvalue weighted by Gasteiger charge is 2.41. The quantitative estimate of drug-likeness (QED) is 0.271. The molecule has 0 saturated carbocycles. The smallest absolute Gasteiger partial charge is 0.338 e. The summed E-state index contributed by atoms with van der Waals surface area (Å²) in [6, 6.07) is 2.74. The normalized spacial score (nSPS) is 21.7. The van der Waals surface area contributed by atoms with Crippen LogP contribution in [0.25, 0.3) is 0 Å². The van der Waals surface area contributed by atoms with E-state index in [1.165, 1.54) is 34.4 Å². The summed E-state index contributed by atoms with van der Waals surface area (Å²) in [4.78, 5) is 34.1. The fourth-order valence-electron chi connectivity index (χ4n) is 4.46. The molecule has 0 bridgehead atoms. The van der Waals surface area contributed by atoms with Crippen LogP contribution in [0, 0.1) is 11.7 Å². The van der Waals surface area contributed by atoms with Crippen molar-refractivity contribution in [1.29, 1.82) is 0 Å². The van der Waals surface area contributed by atoms with Gasteiger partial charge in [-0.2, -0.15) is 0 Å². The topological polar surface area (TPSA) is 93.1 Å². The fraction of sp³-hybridized carbons (Fsp3) is 0.360. The van der Waals surface area contributed by atoms with Gasteiger partial charge in [-0.1, -0.05) is 17.7 Å². The number of esters is 1. The summed E-state index contributed by atoms with van der Waals surface area (Å²) in [5, 5.41) is 5.40. The Labute approximate surface area is 225 Å². The number of nitrogens with zero attached hydrogens (tertiary/aromatic N) is 3. The molecular weight excluding hydrogens is 545 g/mol. The Morgan fingerprint density at radius 1 is 1.39 bits per heavy atom. The first-order valence-electron chi connectivity index (χ1n) is 11.7. The maximum absolute atomic E-state index is 14.7. The van der Waals surface area contributed by atoms with E-state index >= 15 is 0 Å². The number of halogens is 4. The number of benzene rings is 1. The molecule has 3 heterocycles. The molecule has 202 valence electrons. The molecule has 1 saturated heterocycles. The molecular formula is C25H24ClF3N4O4S. The van der Waals surface area contributed by atoms with Crippen molar-refractivity contribution in [2.45, 2.75) is 25.3 Å². The van der Waals surface area contributed by atoms with Crippen molar-refractivity contribution >= 4 is 41.2 Å². The summed E-state index contributed by atoms with van der Waals surface area (Å²) in [6.07, 6.45) is 3.66. The van der Waals surface area contributed by atoms with Gasteiger partial charge in [-0.05, 0) is 31.1 Å². The van der Waals surface area contributed by atoms with E-state index in [0.717, 1.165) is 12.3 Å². The Bertz CT molecular complexity index is 1270. The van der Waals surface area contributed by atoms with Crippen LogP contribution in [0.3, 0.4) is 0 Å². The molecule has 38 heavy (non-hydrogen) atoms. The van der Waals surface area contributed by atoms with Gasteiger partial charge in [0.15, 0.2) is 10.8 Å². The summed E-state index contributed by atoms with van der Waals surface area (Å²) >= 11 is 7.66. The third-order valence-corrected chi connectivity index (χ3v) is 7.00. The lowest BCUT2D eigenvalue weighted by Crippen LogP contribution is -2.49. The van der Waals surface area contributed by atoms with E-state index in [4.69, 9.17) is 16.3 Å². The van der Waals surface area contributed by atoms with Crippen molar-refractivity contribution in [3.63, 3.8) is 0 Å². The van der Waals surface area contributed by atoms with Crippen LogP contribution in [0.15, 0.2) is 58.4 Å². The summed E-state index contributed by atoms with van der Waals surface area (Å²) < 4.78 is 53.0. The predicted molar refractivity (Wildman–Crippen MR) is 135 cm³/mol. The Balaban J connectivity index is 1.77. The zero-order valence-corrected chi connectivity index (χ0v) is 21.8. The van der Waals surface area contributed by atoms with Gasteiger partial charge in [0.25, 0.3) is 12.4 Å². The van der Waals surface area contributed by atoms with E-state index in [0.29, 0.717) is 22.1 Å². The number of hydrogen-bond donors (Lipinski definition) is 1. The number of likely N-dealkylation sites (tertiary alicyclic amines) is 1. The summed E-state index contributed by atoms with van der Waals surface area (Å²) in [5.41, 5.74) is 0.713. The summed E-state index contributed by atoms with van der Waals surface area (Å²) in [7, 11) is 0. The van der Waals surface area contributed by atoms with Crippen LogP contribution in [0.4, 0.5) is 13.2 Å². The second-order valence-electron chi connectivity index (χ2n) is 8.67. The van der Waals surface area contributed by atoms with Gasteiger partial charge in [0.1, 0.15) is 11.9 Å².